The maximum Gasteiger partial charge on any atom is 0.264 e. The molecule has 5 heteroatoms. The predicted octanol–water partition coefficient (Wildman–Crippen LogP) is 7.68. The maximum atomic E-state index is 13.8. The summed E-state index contributed by atoms with van der Waals surface area (Å²) in [6.07, 6.45) is 0. The van der Waals surface area contributed by atoms with Gasteiger partial charge < -0.3 is 4.74 Å². The first kappa shape index (κ1) is 20.9. The van der Waals surface area contributed by atoms with Gasteiger partial charge in [0.2, 0.25) is 0 Å². The van der Waals surface area contributed by atoms with Gasteiger partial charge in [-0.1, -0.05) is 47.7 Å². The number of rotatable bonds is 5. The fraction of sp³-hybridized carbons (Fsp3) is 0.0714. The first-order valence-corrected chi connectivity index (χ1v) is 11.5. The van der Waals surface area contributed by atoms with Gasteiger partial charge in [0.25, 0.3) is 5.91 Å². The molecule has 0 aliphatic carbocycles. The zero-order valence-corrected chi connectivity index (χ0v) is 19.2. The van der Waals surface area contributed by atoms with Gasteiger partial charge in [-0.05, 0) is 85.6 Å². The molecule has 162 valence electrons. The van der Waals surface area contributed by atoms with Crippen LogP contribution in [0.5, 0.6) is 11.5 Å². The number of aromatic nitrogens is 1. The smallest absolute Gasteiger partial charge is 0.264 e. The minimum atomic E-state index is -0.134. The zero-order chi connectivity index (χ0) is 22.8. The molecule has 0 saturated carbocycles. The molecule has 0 unspecified atom stereocenters. The van der Waals surface area contributed by atoms with Crippen molar-refractivity contribution < 1.29 is 9.53 Å². The predicted molar refractivity (Wildman–Crippen MR) is 135 cm³/mol. The third-order valence-electron chi connectivity index (χ3n) is 5.22. The van der Waals surface area contributed by atoms with E-state index in [4.69, 9.17) is 9.72 Å². The summed E-state index contributed by atoms with van der Waals surface area (Å²) in [6.45, 7) is 4.07. The van der Waals surface area contributed by atoms with E-state index in [0.29, 0.717) is 16.4 Å². The van der Waals surface area contributed by atoms with Crippen LogP contribution in [0, 0.1) is 13.8 Å². The second-order valence-corrected chi connectivity index (χ2v) is 8.90. The number of aryl methyl sites for hydroxylation is 2. The van der Waals surface area contributed by atoms with Crippen LogP contribution in [0.15, 0.2) is 97.1 Å². The van der Waals surface area contributed by atoms with Crippen molar-refractivity contribution >= 4 is 38.3 Å². The van der Waals surface area contributed by atoms with Crippen LogP contribution in [-0.2, 0) is 0 Å². The molecule has 0 saturated heterocycles. The lowest BCUT2D eigenvalue weighted by Crippen LogP contribution is -2.26. The van der Waals surface area contributed by atoms with Crippen molar-refractivity contribution in [1.29, 1.82) is 0 Å². The molecule has 5 rings (SSSR count). The van der Waals surface area contributed by atoms with Gasteiger partial charge in [-0.3, -0.25) is 9.69 Å². The number of hydrogen-bond acceptors (Lipinski definition) is 4. The molecule has 0 atom stereocenters. The Morgan fingerprint density at radius 2 is 1.42 bits per heavy atom. The molecule has 4 nitrogen and oxygen atoms in total. The van der Waals surface area contributed by atoms with Crippen molar-refractivity contribution in [2.75, 3.05) is 4.90 Å². The van der Waals surface area contributed by atoms with E-state index < -0.39 is 0 Å². The zero-order valence-electron chi connectivity index (χ0n) is 18.4. The number of ether oxygens (including phenoxy) is 1. The largest absolute Gasteiger partial charge is 0.457 e. The molecule has 33 heavy (non-hydrogen) atoms. The van der Waals surface area contributed by atoms with E-state index >= 15 is 0 Å². The van der Waals surface area contributed by atoms with Gasteiger partial charge >= 0.3 is 0 Å². The third kappa shape index (κ3) is 4.49. The standard InChI is InChI=1S/C28H22N2O2S/c1-19-16-20(2)18-22(17-19)30(28-29-25-10-6-7-11-26(25)33-28)27(31)21-12-14-24(15-13-21)32-23-8-4-3-5-9-23/h3-18H,1-2H3. The molecule has 0 radical (unpaired) electrons. The van der Waals surface area contributed by atoms with Crippen LogP contribution in [0.1, 0.15) is 21.5 Å². The molecular weight excluding hydrogens is 428 g/mol. The summed E-state index contributed by atoms with van der Waals surface area (Å²) in [5, 5.41) is 0.649. The topological polar surface area (TPSA) is 42.4 Å². The number of fused-ring (bicyclic) bond motifs is 1. The number of carbonyl (C=O) groups is 1. The Kier molecular flexibility index (Phi) is 5.63. The molecule has 4 aromatic carbocycles. The van der Waals surface area contributed by atoms with Gasteiger partial charge in [0.05, 0.1) is 15.9 Å². The van der Waals surface area contributed by atoms with Crippen LogP contribution in [0.3, 0.4) is 0 Å². The van der Waals surface area contributed by atoms with Crippen molar-refractivity contribution in [3.05, 3.63) is 114 Å². The fourth-order valence-electron chi connectivity index (χ4n) is 3.77. The van der Waals surface area contributed by atoms with Crippen molar-refractivity contribution in [2.45, 2.75) is 13.8 Å². The first-order chi connectivity index (χ1) is 16.1. The molecule has 1 heterocycles. The normalized spacial score (nSPS) is 10.8. The Bertz CT molecular complexity index is 1370. The minimum absolute atomic E-state index is 0.134. The molecule has 0 bridgehead atoms. The summed E-state index contributed by atoms with van der Waals surface area (Å²) in [5.41, 5.74) is 4.44. The van der Waals surface area contributed by atoms with Crippen LogP contribution < -0.4 is 9.64 Å². The van der Waals surface area contributed by atoms with Crippen LogP contribution >= 0.6 is 11.3 Å². The third-order valence-corrected chi connectivity index (χ3v) is 6.24. The number of anilines is 2. The molecule has 0 N–H and O–H groups in total. The highest BCUT2D eigenvalue weighted by Gasteiger charge is 2.24. The van der Waals surface area contributed by atoms with E-state index in [0.717, 1.165) is 32.8 Å². The number of thiazole rings is 1. The number of carbonyl (C=O) groups excluding carboxylic acids is 1. The van der Waals surface area contributed by atoms with Gasteiger partial charge in [0.1, 0.15) is 11.5 Å². The summed E-state index contributed by atoms with van der Waals surface area (Å²) in [5.74, 6) is 1.30. The SMILES string of the molecule is Cc1cc(C)cc(N(C(=O)c2ccc(Oc3ccccc3)cc2)c2nc3ccccc3s2)c1. The first-order valence-electron chi connectivity index (χ1n) is 10.7. The molecule has 1 amide bonds. The summed E-state index contributed by atoms with van der Waals surface area (Å²) in [7, 11) is 0. The fourth-order valence-corrected chi connectivity index (χ4v) is 4.75. The Labute approximate surface area is 196 Å². The Hall–Kier alpha value is -3.96. The lowest BCUT2D eigenvalue weighted by molar-refractivity contribution is 0.0999. The summed E-state index contributed by atoms with van der Waals surface area (Å²) >= 11 is 1.51. The maximum absolute atomic E-state index is 13.8. The summed E-state index contributed by atoms with van der Waals surface area (Å²) in [6, 6.07) is 30.9. The minimum Gasteiger partial charge on any atom is -0.457 e. The highest BCUT2D eigenvalue weighted by molar-refractivity contribution is 7.22. The molecule has 5 aromatic rings. The molecule has 0 aliphatic heterocycles. The monoisotopic (exact) mass is 450 g/mol. The van der Waals surface area contributed by atoms with Gasteiger partial charge in [-0.25, -0.2) is 4.98 Å². The lowest BCUT2D eigenvalue weighted by Gasteiger charge is -2.21. The van der Waals surface area contributed by atoms with E-state index in [2.05, 4.69) is 6.07 Å². The number of para-hydroxylation sites is 2. The van der Waals surface area contributed by atoms with Crippen LogP contribution in [-0.4, -0.2) is 10.9 Å². The van der Waals surface area contributed by atoms with Gasteiger partial charge in [0.15, 0.2) is 5.13 Å². The van der Waals surface area contributed by atoms with Crippen LogP contribution in [0.4, 0.5) is 10.8 Å². The van der Waals surface area contributed by atoms with Crippen LogP contribution in [0.25, 0.3) is 10.2 Å². The molecule has 1 aromatic heterocycles. The van der Waals surface area contributed by atoms with E-state index in [-0.39, 0.29) is 5.91 Å². The Morgan fingerprint density at radius 1 is 0.788 bits per heavy atom. The second kappa shape index (κ2) is 8.88. The second-order valence-electron chi connectivity index (χ2n) is 7.89. The summed E-state index contributed by atoms with van der Waals surface area (Å²) in [4.78, 5) is 20.2. The quantitative estimate of drug-likeness (QED) is 0.276. The summed E-state index contributed by atoms with van der Waals surface area (Å²) < 4.78 is 6.92. The van der Waals surface area contributed by atoms with Gasteiger partial charge in [-0.2, -0.15) is 0 Å². The van der Waals surface area contributed by atoms with Crippen molar-refractivity contribution in [1.82, 2.24) is 4.98 Å². The number of amides is 1. The molecule has 0 fully saturated rings. The van der Waals surface area contributed by atoms with E-state index in [1.54, 1.807) is 17.0 Å². The van der Waals surface area contributed by atoms with Crippen molar-refractivity contribution in [3.8, 4) is 11.5 Å². The highest BCUT2D eigenvalue weighted by atomic mass is 32.1. The average molecular weight is 451 g/mol. The van der Waals surface area contributed by atoms with Crippen LogP contribution in [0.2, 0.25) is 0 Å². The number of nitrogens with zero attached hydrogens (tertiary/aromatic N) is 2. The van der Waals surface area contributed by atoms with Gasteiger partial charge in [0, 0.05) is 5.56 Å². The van der Waals surface area contributed by atoms with Crippen molar-refractivity contribution in [3.63, 3.8) is 0 Å². The van der Waals surface area contributed by atoms with E-state index in [9.17, 15) is 4.79 Å². The molecule has 0 spiro atoms. The number of benzene rings is 4. The van der Waals surface area contributed by atoms with Crippen molar-refractivity contribution in [2.24, 2.45) is 0 Å². The Balaban J connectivity index is 1.52. The Morgan fingerprint density at radius 3 is 2.12 bits per heavy atom. The van der Waals surface area contributed by atoms with E-state index in [1.807, 2.05) is 92.7 Å². The lowest BCUT2D eigenvalue weighted by atomic mass is 10.1. The van der Waals surface area contributed by atoms with Gasteiger partial charge in [-0.15, -0.1) is 0 Å². The van der Waals surface area contributed by atoms with E-state index in [1.165, 1.54) is 11.3 Å². The number of hydrogen-bond donors (Lipinski definition) is 0. The molecular formula is C28H22N2O2S. The average Bonchev–Trinajstić information content (AvgIpc) is 3.23. The highest BCUT2D eigenvalue weighted by Crippen LogP contribution is 2.35. The molecule has 0 aliphatic rings.